The molecule has 0 aliphatic heterocycles. The SMILES string of the molecule is CC1=CC2=C(C1)CC(C)=C2.CC1=CC2=C(C=C(C)C2)C1.CC1=CC=C(C)C1.CC1=Cc2ccc(C)cc2C1.CC1=c2ccccc2=C(C)C1.Cc1ccc(C)c2c1=CCC=2.Cc1ccc(C)cc1.Cc1cccc2c(C)cccc12. The van der Waals surface area contributed by atoms with Gasteiger partial charge in [-0.25, -0.2) is 0 Å². The average molecular weight is 1050 g/mol. The van der Waals surface area contributed by atoms with Crippen LogP contribution in [0.3, 0.4) is 0 Å². The van der Waals surface area contributed by atoms with E-state index in [1.54, 1.807) is 16.7 Å². The van der Waals surface area contributed by atoms with Gasteiger partial charge in [0.15, 0.2) is 0 Å². The molecule has 0 heterocycles. The molecule has 0 heteroatoms. The number of benzene rings is 6. The summed E-state index contributed by atoms with van der Waals surface area (Å²) in [5, 5.41) is 8.54. The molecule has 8 aliphatic carbocycles. The third kappa shape index (κ3) is 16.9. The van der Waals surface area contributed by atoms with Crippen molar-refractivity contribution in [2.24, 2.45) is 0 Å². The fourth-order valence-corrected chi connectivity index (χ4v) is 11.9. The van der Waals surface area contributed by atoms with Crippen LogP contribution in [0.25, 0.3) is 40.1 Å². The second-order valence-corrected chi connectivity index (χ2v) is 24.2. The van der Waals surface area contributed by atoms with Gasteiger partial charge in [-0.3, -0.25) is 0 Å². The summed E-state index contributed by atoms with van der Waals surface area (Å²) in [5.41, 5.74) is 32.3. The molecule has 0 unspecified atom stereocenters. The zero-order chi connectivity index (χ0) is 57.6. The van der Waals surface area contributed by atoms with Gasteiger partial charge in [-0.2, -0.15) is 0 Å². The molecule has 0 bridgehead atoms. The molecule has 0 amide bonds. The van der Waals surface area contributed by atoms with E-state index in [9.17, 15) is 0 Å². The van der Waals surface area contributed by atoms with Crippen LogP contribution in [-0.4, -0.2) is 0 Å². The van der Waals surface area contributed by atoms with E-state index in [0.29, 0.717) is 0 Å². The summed E-state index contributed by atoms with van der Waals surface area (Å²) >= 11 is 0. The summed E-state index contributed by atoms with van der Waals surface area (Å²) in [6.45, 7) is 34.8. The normalized spacial score (nSPS) is 15.9. The minimum Gasteiger partial charge on any atom is -0.0726 e. The maximum atomic E-state index is 2.34. The van der Waals surface area contributed by atoms with Gasteiger partial charge in [0.2, 0.25) is 0 Å². The van der Waals surface area contributed by atoms with Crippen LogP contribution >= 0.6 is 0 Å². The number of hydrogen-bond acceptors (Lipinski definition) is 0. The second kappa shape index (κ2) is 28.2. The Hall–Kier alpha value is -7.28. The number of aryl methyl sites for hydroxylation is 7. The predicted octanol–water partition coefficient (Wildman–Crippen LogP) is 19.7. The number of rotatable bonds is 0. The van der Waals surface area contributed by atoms with Gasteiger partial charge in [0, 0.05) is 0 Å². The molecule has 0 atom stereocenters. The molecule has 0 aromatic heterocycles. The van der Waals surface area contributed by atoms with Gasteiger partial charge in [0.1, 0.15) is 0 Å². The Labute approximate surface area is 483 Å². The predicted molar refractivity (Wildman–Crippen MR) is 355 cm³/mol. The van der Waals surface area contributed by atoms with Crippen molar-refractivity contribution in [1.82, 2.24) is 0 Å². The fourth-order valence-electron chi connectivity index (χ4n) is 11.9. The van der Waals surface area contributed by atoms with Gasteiger partial charge in [-0.1, -0.05) is 242 Å². The van der Waals surface area contributed by atoms with Crippen LogP contribution in [0.1, 0.15) is 157 Å². The average Bonchev–Trinajstić information content (AvgIpc) is 4.33. The first-order chi connectivity index (χ1) is 38.2. The van der Waals surface area contributed by atoms with Crippen molar-refractivity contribution in [1.29, 1.82) is 0 Å². The maximum Gasteiger partial charge on any atom is -0.00605 e. The molecule has 0 fully saturated rings. The molecule has 14 rings (SSSR count). The Morgan fingerprint density at radius 2 is 0.750 bits per heavy atom. The smallest absolute Gasteiger partial charge is 0.00605 e. The van der Waals surface area contributed by atoms with Gasteiger partial charge in [0.25, 0.3) is 0 Å². The second-order valence-electron chi connectivity index (χ2n) is 24.2. The number of fused-ring (bicyclic) bond motifs is 4. The summed E-state index contributed by atoms with van der Waals surface area (Å²) < 4.78 is 0. The van der Waals surface area contributed by atoms with Gasteiger partial charge in [-0.05, 0) is 244 Å². The maximum absolute atomic E-state index is 2.34. The Bertz CT molecular complexity index is 3620. The lowest BCUT2D eigenvalue weighted by Gasteiger charge is -2.03. The Morgan fingerprint density at radius 1 is 0.312 bits per heavy atom. The van der Waals surface area contributed by atoms with Crippen molar-refractivity contribution in [3.63, 3.8) is 0 Å². The zero-order valence-corrected chi connectivity index (χ0v) is 51.8. The van der Waals surface area contributed by atoms with E-state index in [2.05, 4.69) is 281 Å². The highest BCUT2D eigenvalue weighted by Crippen LogP contribution is 2.37. The molecule has 80 heavy (non-hydrogen) atoms. The minimum atomic E-state index is 1.11. The molecular formula is C80H92. The molecule has 0 N–H and O–H groups in total. The molecule has 0 nitrogen and oxygen atoms in total. The largest absolute Gasteiger partial charge is 0.0726 e. The lowest BCUT2D eigenvalue weighted by Crippen LogP contribution is -2.26. The number of allylic oxidation sites excluding steroid dienone is 17. The van der Waals surface area contributed by atoms with E-state index >= 15 is 0 Å². The van der Waals surface area contributed by atoms with Crippen LogP contribution in [0, 0.1) is 48.5 Å². The van der Waals surface area contributed by atoms with E-state index in [-0.39, 0.29) is 0 Å². The molecule has 0 saturated heterocycles. The summed E-state index contributed by atoms with van der Waals surface area (Å²) in [5.74, 6) is 0. The third-order valence-electron chi connectivity index (χ3n) is 16.1. The molecule has 0 radical (unpaired) electrons. The number of hydrogen-bond donors (Lipinski definition) is 0. The standard InChI is InChI=1S/C12H12.3C11H12.2C10H12.C8H10.C7H10/c1-9-5-3-8-12-10(2)6-4-7-11(9)12;1-8-3-4-10-6-9(2)7-11(10)5-8;1-8-6-7-9(2)11-5-3-4-10(8)11;1-8-7-9(2)11-6-4-3-5-10(8)11;2*1-7-3-9-5-8(2)6-10(9)4-7;1-7-3-5-8(2)6-4-7;1-6-3-4-7(2)5-6/h3-8H,1-2H3;3-6H,7H2,1-2H3;4-7H,3H2,1-2H3;3-6H,7H2,1-2H3;3,6H,4-5H2,1-2H3;3,5H,4,6H2,1-2H3;3-6H,1-2H3;3-4H,5H2,1-2H3. The van der Waals surface area contributed by atoms with Crippen molar-refractivity contribution >= 4 is 40.1 Å². The van der Waals surface area contributed by atoms with E-state index in [4.69, 9.17) is 0 Å². The van der Waals surface area contributed by atoms with E-state index in [0.717, 1.165) is 12.8 Å². The topological polar surface area (TPSA) is 0 Å². The minimum absolute atomic E-state index is 1.11. The molecule has 6 aromatic carbocycles. The highest BCUT2D eigenvalue weighted by atomic mass is 14.2. The van der Waals surface area contributed by atoms with Crippen molar-refractivity contribution in [2.45, 2.75) is 162 Å². The highest BCUT2D eigenvalue weighted by Gasteiger charge is 2.18. The summed E-state index contributed by atoms with van der Waals surface area (Å²) in [7, 11) is 0. The first kappa shape index (κ1) is 60.4. The summed E-state index contributed by atoms with van der Waals surface area (Å²) in [6.07, 6.45) is 30.0. The Kier molecular flexibility index (Phi) is 21.3. The van der Waals surface area contributed by atoms with Gasteiger partial charge in [0.05, 0.1) is 0 Å². The van der Waals surface area contributed by atoms with Crippen LogP contribution in [0.2, 0.25) is 0 Å². The summed E-state index contributed by atoms with van der Waals surface area (Å²) in [4.78, 5) is 0. The quantitative estimate of drug-likeness (QED) is 0.142. The van der Waals surface area contributed by atoms with Crippen LogP contribution in [0.4, 0.5) is 0 Å². The Morgan fingerprint density at radius 3 is 1.19 bits per heavy atom. The molecule has 0 saturated carbocycles. The molecule has 412 valence electrons. The molecule has 8 aliphatic rings. The van der Waals surface area contributed by atoms with Gasteiger partial charge < -0.3 is 0 Å². The van der Waals surface area contributed by atoms with Crippen LogP contribution in [0.15, 0.2) is 213 Å². The lowest BCUT2D eigenvalue weighted by molar-refractivity contribution is 1.05. The van der Waals surface area contributed by atoms with Crippen LogP contribution in [-0.2, 0) is 6.42 Å². The summed E-state index contributed by atoms with van der Waals surface area (Å²) in [6, 6.07) is 41.1. The van der Waals surface area contributed by atoms with Crippen molar-refractivity contribution in [3.05, 3.63) is 284 Å². The first-order valence-corrected chi connectivity index (χ1v) is 29.4. The van der Waals surface area contributed by atoms with Crippen LogP contribution in [0.5, 0.6) is 0 Å². The molecule has 0 spiro atoms. The van der Waals surface area contributed by atoms with Crippen molar-refractivity contribution in [2.75, 3.05) is 0 Å². The third-order valence-corrected chi connectivity index (χ3v) is 16.1. The first-order valence-electron chi connectivity index (χ1n) is 29.4. The van der Waals surface area contributed by atoms with Gasteiger partial charge >= 0.3 is 0 Å². The van der Waals surface area contributed by atoms with E-state index in [1.165, 1.54) is 176 Å². The lowest BCUT2D eigenvalue weighted by atomic mass is 10.0. The molecular weight excluding hydrogens is 961 g/mol. The van der Waals surface area contributed by atoms with E-state index < -0.39 is 0 Å². The van der Waals surface area contributed by atoms with E-state index in [1.807, 2.05) is 0 Å². The molecule has 6 aromatic rings. The monoisotopic (exact) mass is 1050 g/mol. The fraction of sp³-hybridized carbons (Fsp3) is 0.300. The Balaban J connectivity index is 0.000000133. The van der Waals surface area contributed by atoms with Crippen molar-refractivity contribution < 1.29 is 0 Å². The van der Waals surface area contributed by atoms with Crippen molar-refractivity contribution in [3.8, 4) is 0 Å². The highest BCUT2D eigenvalue weighted by molar-refractivity contribution is 5.88. The zero-order valence-electron chi connectivity index (χ0n) is 51.8. The van der Waals surface area contributed by atoms with Crippen LogP contribution < -0.4 is 20.9 Å². The van der Waals surface area contributed by atoms with Gasteiger partial charge in [-0.15, -0.1) is 0 Å².